The van der Waals surface area contributed by atoms with Crippen molar-refractivity contribution >= 4 is 11.8 Å². The van der Waals surface area contributed by atoms with Crippen molar-refractivity contribution in [1.29, 1.82) is 0 Å². The van der Waals surface area contributed by atoms with Crippen molar-refractivity contribution in [2.75, 3.05) is 19.6 Å². The van der Waals surface area contributed by atoms with Crippen LogP contribution in [0.1, 0.15) is 23.2 Å². The van der Waals surface area contributed by atoms with E-state index in [1.54, 1.807) is 0 Å². The zero-order chi connectivity index (χ0) is 18.5. The number of nitrogens with two attached hydrogens (primary N) is 1. The molecule has 1 aliphatic rings. The third kappa shape index (κ3) is 4.34. The Kier molecular flexibility index (Phi) is 5.43. The van der Waals surface area contributed by atoms with Gasteiger partial charge < -0.3 is 16.0 Å². The molecule has 1 fully saturated rings. The molecular weight excluding hydrogens is 334 g/mol. The molecule has 1 aromatic carbocycles. The number of carbonyl (C=O) groups excluding carboxylic acids is 2. The van der Waals surface area contributed by atoms with Crippen molar-refractivity contribution in [3.05, 3.63) is 52.4 Å². The molecule has 0 saturated carbocycles. The smallest absolute Gasteiger partial charge is 0.264 e. The number of nitrogens with one attached hydrogen (secondary N) is 2. The van der Waals surface area contributed by atoms with E-state index in [2.05, 4.69) is 15.3 Å². The lowest BCUT2D eigenvalue weighted by Gasteiger charge is -2.31. The Labute approximate surface area is 150 Å². The zero-order valence-electron chi connectivity index (χ0n) is 14.3. The average Bonchev–Trinajstić information content (AvgIpc) is 2.63. The van der Waals surface area contributed by atoms with Crippen LogP contribution in [-0.2, 0) is 4.79 Å². The predicted molar refractivity (Wildman–Crippen MR) is 96.4 cm³/mol. The quantitative estimate of drug-likeness (QED) is 0.703. The predicted octanol–water partition coefficient (Wildman–Crippen LogP) is 0.116. The zero-order valence-corrected chi connectivity index (χ0v) is 14.3. The van der Waals surface area contributed by atoms with Crippen LogP contribution in [0.5, 0.6) is 0 Å². The second-order valence-corrected chi connectivity index (χ2v) is 6.33. The number of aromatic nitrogens is 2. The van der Waals surface area contributed by atoms with Crippen molar-refractivity contribution in [3.8, 4) is 11.4 Å². The Bertz CT molecular complexity index is 841. The van der Waals surface area contributed by atoms with E-state index in [4.69, 9.17) is 5.73 Å². The number of aromatic amines is 1. The normalized spacial score (nSPS) is 15.5. The maximum absolute atomic E-state index is 12.4. The molecule has 0 spiro atoms. The van der Waals surface area contributed by atoms with Gasteiger partial charge in [0, 0.05) is 30.9 Å². The summed E-state index contributed by atoms with van der Waals surface area (Å²) in [5.74, 6) is -0.373. The molecule has 0 bridgehead atoms. The highest BCUT2D eigenvalue weighted by molar-refractivity contribution is 5.93. The lowest BCUT2D eigenvalue weighted by atomic mass is 10.0. The van der Waals surface area contributed by atoms with E-state index in [1.807, 2.05) is 35.2 Å². The Morgan fingerprint density at radius 3 is 2.54 bits per heavy atom. The largest absolute Gasteiger partial charge is 0.369 e. The highest BCUT2D eigenvalue weighted by atomic mass is 16.2. The number of H-pyrrole nitrogens is 1. The third-order valence-corrected chi connectivity index (χ3v) is 4.39. The summed E-state index contributed by atoms with van der Waals surface area (Å²) in [6.45, 7) is 1.58. The van der Waals surface area contributed by atoms with Crippen molar-refractivity contribution in [1.82, 2.24) is 20.2 Å². The molecule has 136 valence electrons. The minimum atomic E-state index is -0.470. The van der Waals surface area contributed by atoms with E-state index in [0.29, 0.717) is 31.8 Å². The minimum absolute atomic E-state index is 0.00996. The van der Waals surface area contributed by atoms with Crippen molar-refractivity contribution in [2.24, 2.45) is 5.73 Å². The molecule has 26 heavy (non-hydrogen) atoms. The Hall–Kier alpha value is -3.00. The van der Waals surface area contributed by atoms with Gasteiger partial charge in [-0.25, -0.2) is 4.98 Å². The molecule has 3 rings (SSSR count). The van der Waals surface area contributed by atoms with Gasteiger partial charge in [0.05, 0.1) is 6.54 Å². The molecule has 1 aliphatic heterocycles. The number of hydrogen-bond donors (Lipinski definition) is 3. The summed E-state index contributed by atoms with van der Waals surface area (Å²) in [6, 6.07) is 9.19. The maximum Gasteiger partial charge on any atom is 0.264 e. The molecule has 8 heteroatoms. The standard InChI is InChI=1S/C18H21N5O3/c19-15(24)11-23-8-6-13(7-9-23)21-17(25)14-10-20-16(22-18(14)26)12-4-2-1-3-5-12/h1-5,10,13H,6-9,11H2,(H2,19,24)(H,21,25)(H,20,22,26). The van der Waals surface area contributed by atoms with Crippen LogP contribution in [0.15, 0.2) is 41.3 Å². The molecule has 2 aromatic rings. The monoisotopic (exact) mass is 355 g/mol. The van der Waals surface area contributed by atoms with Crippen molar-refractivity contribution < 1.29 is 9.59 Å². The Morgan fingerprint density at radius 1 is 1.23 bits per heavy atom. The fourth-order valence-electron chi connectivity index (χ4n) is 3.02. The van der Waals surface area contributed by atoms with E-state index in [0.717, 1.165) is 5.56 Å². The summed E-state index contributed by atoms with van der Waals surface area (Å²) < 4.78 is 0. The van der Waals surface area contributed by atoms with Gasteiger partial charge in [-0.3, -0.25) is 19.3 Å². The first-order valence-electron chi connectivity index (χ1n) is 8.49. The van der Waals surface area contributed by atoms with Crippen LogP contribution >= 0.6 is 0 Å². The first-order valence-corrected chi connectivity index (χ1v) is 8.49. The highest BCUT2D eigenvalue weighted by Gasteiger charge is 2.23. The van der Waals surface area contributed by atoms with Gasteiger partial charge >= 0.3 is 0 Å². The number of piperidine rings is 1. The second kappa shape index (κ2) is 7.92. The fourth-order valence-corrected chi connectivity index (χ4v) is 3.02. The number of benzene rings is 1. The summed E-state index contributed by atoms with van der Waals surface area (Å²) in [7, 11) is 0. The van der Waals surface area contributed by atoms with E-state index in [9.17, 15) is 14.4 Å². The van der Waals surface area contributed by atoms with Gasteiger partial charge in [0.2, 0.25) is 5.91 Å². The van der Waals surface area contributed by atoms with Crippen LogP contribution in [0.25, 0.3) is 11.4 Å². The highest BCUT2D eigenvalue weighted by Crippen LogP contribution is 2.13. The molecule has 4 N–H and O–H groups in total. The van der Waals surface area contributed by atoms with Crippen LogP contribution in [0, 0.1) is 0 Å². The molecule has 0 radical (unpaired) electrons. The van der Waals surface area contributed by atoms with Crippen LogP contribution < -0.4 is 16.6 Å². The molecule has 0 atom stereocenters. The van der Waals surface area contributed by atoms with Crippen molar-refractivity contribution in [3.63, 3.8) is 0 Å². The first kappa shape index (κ1) is 17.8. The van der Waals surface area contributed by atoms with Crippen LogP contribution in [0.3, 0.4) is 0 Å². The molecule has 8 nitrogen and oxygen atoms in total. The van der Waals surface area contributed by atoms with Gasteiger partial charge in [0.1, 0.15) is 11.4 Å². The summed E-state index contributed by atoms with van der Waals surface area (Å²) in [5.41, 5.74) is 5.49. The molecule has 0 unspecified atom stereocenters. The Morgan fingerprint density at radius 2 is 1.92 bits per heavy atom. The number of primary amides is 1. The first-order chi connectivity index (χ1) is 12.5. The van der Waals surface area contributed by atoms with Crippen LogP contribution in [0.4, 0.5) is 0 Å². The summed E-state index contributed by atoms with van der Waals surface area (Å²) >= 11 is 0. The number of amides is 2. The molecule has 0 aliphatic carbocycles. The van der Waals surface area contributed by atoms with Gasteiger partial charge in [-0.1, -0.05) is 30.3 Å². The summed E-state index contributed by atoms with van der Waals surface area (Å²) in [4.78, 5) is 44.4. The topological polar surface area (TPSA) is 121 Å². The molecule has 1 aromatic heterocycles. The van der Waals surface area contributed by atoms with Crippen molar-refractivity contribution in [2.45, 2.75) is 18.9 Å². The average molecular weight is 355 g/mol. The molecule has 2 heterocycles. The SMILES string of the molecule is NC(=O)CN1CCC(NC(=O)c2cnc(-c3ccccc3)[nH]c2=O)CC1. The van der Waals surface area contributed by atoms with E-state index >= 15 is 0 Å². The number of hydrogen-bond acceptors (Lipinski definition) is 5. The summed E-state index contributed by atoms with van der Waals surface area (Å²) in [6.07, 6.45) is 2.71. The van der Waals surface area contributed by atoms with E-state index < -0.39 is 11.5 Å². The van der Waals surface area contributed by atoms with Gasteiger partial charge in [-0.05, 0) is 12.8 Å². The number of carbonyl (C=O) groups is 2. The molecule has 2 amide bonds. The van der Waals surface area contributed by atoms with Gasteiger partial charge in [-0.2, -0.15) is 0 Å². The third-order valence-electron chi connectivity index (χ3n) is 4.39. The number of rotatable bonds is 5. The number of likely N-dealkylation sites (tertiary alicyclic amines) is 1. The maximum atomic E-state index is 12.4. The lowest BCUT2D eigenvalue weighted by molar-refractivity contribution is -0.119. The minimum Gasteiger partial charge on any atom is -0.369 e. The van der Waals surface area contributed by atoms with E-state index in [1.165, 1.54) is 6.20 Å². The summed E-state index contributed by atoms with van der Waals surface area (Å²) in [5, 5.41) is 2.87. The van der Waals surface area contributed by atoms with Gasteiger partial charge in [0.15, 0.2) is 0 Å². The van der Waals surface area contributed by atoms with E-state index in [-0.39, 0.29) is 24.1 Å². The molecule has 1 saturated heterocycles. The van der Waals surface area contributed by atoms with Gasteiger partial charge in [-0.15, -0.1) is 0 Å². The second-order valence-electron chi connectivity index (χ2n) is 6.33. The molecular formula is C18H21N5O3. The van der Waals surface area contributed by atoms with Gasteiger partial charge in [0.25, 0.3) is 11.5 Å². The number of nitrogens with zero attached hydrogens (tertiary/aromatic N) is 2. The Balaban J connectivity index is 1.62. The van der Waals surface area contributed by atoms with Crippen LogP contribution in [-0.4, -0.2) is 52.4 Å². The lowest BCUT2D eigenvalue weighted by Crippen LogP contribution is -2.47. The van der Waals surface area contributed by atoms with Crippen LogP contribution in [0.2, 0.25) is 0 Å². The fraction of sp³-hybridized carbons (Fsp3) is 0.333.